The van der Waals surface area contributed by atoms with Crippen molar-refractivity contribution in [1.82, 2.24) is 9.88 Å². The summed E-state index contributed by atoms with van der Waals surface area (Å²) in [7, 11) is -1.52. The quantitative estimate of drug-likeness (QED) is 0.927. The van der Waals surface area contributed by atoms with Crippen LogP contribution in [0.15, 0.2) is 24.3 Å². The van der Waals surface area contributed by atoms with Crippen LogP contribution in [0.25, 0.3) is 10.9 Å². The molecule has 0 bridgehead atoms. The third-order valence-electron chi connectivity index (χ3n) is 4.10. The Morgan fingerprint density at radius 3 is 2.77 bits per heavy atom. The van der Waals surface area contributed by atoms with Crippen LogP contribution in [0.3, 0.4) is 0 Å². The minimum Gasteiger partial charge on any atom is -0.497 e. The van der Waals surface area contributed by atoms with E-state index in [1.807, 2.05) is 18.2 Å². The Labute approximate surface area is 129 Å². The van der Waals surface area contributed by atoms with E-state index in [0.717, 1.165) is 10.9 Å². The molecule has 1 amide bonds. The highest BCUT2D eigenvalue weighted by molar-refractivity contribution is 7.91. The monoisotopic (exact) mass is 322 g/mol. The van der Waals surface area contributed by atoms with E-state index < -0.39 is 15.1 Å². The lowest BCUT2D eigenvalue weighted by Gasteiger charge is -2.14. The molecule has 3 rings (SSSR count). The van der Waals surface area contributed by atoms with Gasteiger partial charge >= 0.3 is 0 Å². The highest BCUT2D eigenvalue weighted by Crippen LogP contribution is 2.23. The van der Waals surface area contributed by atoms with E-state index in [2.05, 4.69) is 4.98 Å². The lowest BCUT2D eigenvalue weighted by Crippen LogP contribution is -2.31. The summed E-state index contributed by atoms with van der Waals surface area (Å²) in [4.78, 5) is 17.2. The number of methoxy groups -OCH3 is 1. The van der Waals surface area contributed by atoms with Gasteiger partial charge in [-0.15, -0.1) is 0 Å². The third kappa shape index (κ3) is 2.68. The first-order chi connectivity index (χ1) is 10.4. The number of likely N-dealkylation sites (tertiary alicyclic amines) is 1. The minimum absolute atomic E-state index is 0.165. The van der Waals surface area contributed by atoms with Crippen molar-refractivity contribution in [1.29, 1.82) is 0 Å². The number of H-pyrrole nitrogens is 1. The van der Waals surface area contributed by atoms with Crippen molar-refractivity contribution in [3.63, 3.8) is 0 Å². The molecule has 1 aliphatic rings. The molecule has 1 fully saturated rings. The van der Waals surface area contributed by atoms with Gasteiger partial charge in [-0.1, -0.05) is 0 Å². The summed E-state index contributed by atoms with van der Waals surface area (Å²) in [6.07, 6.45) is 1.72. The van der Waals surface area contributed by atoms with Gasteiger partial charge in [0.05, 0.1) is 12.4 Å². The average molecular weight is 322 g/mol. The van der Waals surface area contributed by atoms with Gasteiger partial charge in [0.1, 0.15) is 11.4 Å². The molecule has 0 radical (unpaired) electrons. The Kier molecular flexibility index (Phi) is 3.60. The predicted molar refractivity (Wildman–Crippen MR) is 84.0 cm³/mol. The van der Waals surface area contributed by atoms with E-state index in [1.54, 1.807) is 18.1 Å². The first-order valence-electron chi connectivity index (χ1n) is 7.03. The first kappa shape index (κ1) is 14.9. The average Bonchev–Trinajstić information content (AvgIpc) is 3.11. The maximum atomic E-state index is 12.5. The molecule has 0 aliphatic carbocycles. The van der Waals surface area contributed by atoms with Crippen LogP contribution in [0.2, 0.25) is 0 Å². The van der Waals surface area contributed by atoms with Gasteiger partial charge in [0.15, 0.2) is 9.84 Å². The number of amides is 1. The number of benzene rings is 1. The fourth-order valence-electron chi connectivity index (χ4n) is 2.78. The zero-order valence-corrected chi connectivity index (χ0v) is 13.3. The predicted octanol–water partition coefficient (Wildman–Crippen LogP) is 1.44. The molecule has 1 N–H and O–H groups in total. The third-order valence-corrected chi connectivity index (χ3v) is 5.69. The van der Waals surface area contributed by atoms with Gasteiger partial charge in [-0.25, -0.2) is 8.42 Å². The molecule has 1 aromatic carbocycles. The number of hydrogen-bond acceptors (Lipinski definition) is 4. The van der Waals surface area contributed by atoms with Crippen molar-refractivity contribution >= 4 is 26.6 Å². The second-order valence-corrected chi connectivity index (χ2v) is 7.95. The standard InChI is InChI=1S/C15H18N2O4S/c1-21-11-4-3-10-7-14(16-13(10)8-11)15(18)17-6-5-12(9-17)22(2,19)20/h3-4,7-8,12,16H,5-6,9H2,1-2H3. The van der Waals surface area contributed by atoms with Crippen LogP contribution in [0.1, 0.15) is 16.9 Å². The minimum atomic E-state index is -3.11. The molecule has 2 aromatic rings. The van der Waals surface area contributed by atoms with Gasteiger partial charge in [0.25, 0.3) is 5.91 Å². The number of sulfone groups is 1. The van der Waals surface area contributed by atoms with Crippen LogP contribution in [-0.2, 0) is 9.84 Å². The van der Waals surface area contributed by atoms with Crippen molar-refractivity contribution < 1.29 is 17.9 Å². The van der Waals surface area contributed by atoms with Crippen molar-refractivity contribution in [2.24, 2.45) is 0 Å². The Bertz CT molecular complexity index is 825. The fraction of sp³-hybridized carbons (Fsp3) is 0.400. The van der Waals surface area contributed by atoms with Gasteiger partial charge < -0.3 is 14.6 Å². The summed E-state index contributed by atoms with van der Waals surface area (Å²) in [6.45, 7) is 0.728. The highest BCUT2D eigenvalue weighted by Gasteiger charge is 2.33. The molecular weight excluding hydrogens is 304 g/mol. The van der Waals surface area contributed by atoms with Crippen LogP contribution < -0.4 is 4.74 Å². The van der Waals surface area contributed by atoms with Gasteiger partial charge in [-0.05, 0) is 24.6 Å². The van der Waals surface area contributed by atoms with E-state index in [0.29, 0.717) is 24.4 Å². The van der Waals surface area contributed by atoms with E-state index in [1.165, 1.54) is 6.26 Å². The molecule has 0 saturated carbocycles. The molecule has 1 aliphatic heterocycles. The van der Waals surface area contributed by atoms with Crippen LogP contribution in [0, 0.1) is 0 Å². The summed E-state index contributed by atoms with van der Waals surface area (Å²) in [5.41, 5.74) is 1.29. The zero-order valence-electron chi connectivity index (χ0n) is 12.5. The highest BCUT2D eigenvalue weighted by atomic mass is 32.2. The molecular formula is C15H18N2O4S. The number of rotatable bonds is 3. The van der Waals surface area contributed by atoms with E-state index >= 15 is 0 Å². The maximum absolute atomic E-state index is 12.5. The number of aromatic nitrogens is 1. The Balaban J connectivity index is 1.84. The molecule has 22 heavy (non-hydrogen) atoms. The number of hydrogen-bond donors (Lipinski definition) is 1. The summed E-state index contributed by atoms with van der Waals surface area (Å²) in [6, 6.07) is 7.32. The van der Waals surface area contributed by atoms with Gasteiger partial charge in [-0.3, -0.25) is 4.79 Å². The second kappa shape index (κ2) is 5.31. The van der Waals surface area contributed by atoms with Crippen molar-refractivity contribution in [2.45, 2.75) is 11.7 Å². The van der Waals surface area contributed by atoms with Crippen LogP contribution in [0.5, 0.6) is 5.75 Å². The van der Waals surface area contributed by atoms with Gasteiger partial charge in [0, 0.05) is 36.3 Å². The van der Waals surface area contributed by atoms with Crippen LogP contribution in [-0.4, -0.2) is 55.9 Å². The molecule has 7 heteroatoms. The fourth-order valence-corrected chi connectivity index (χ4v) is 3.77. The first-order valence-corrected chi connectivity index (χ1v) is 8.99. The lowest BCUT2D eigenvalue weighted by atomic mass is 10.2. The number of nitrogens with zero attached hydrogens (tertiary/aromatic N) is 1. The second-order valence-electron chi connectivity index (χ2n) is 5.63. The largest absolute Gasteiger partial charge is 0.497 e. The molecule has 1 unspecified atom stereocenters. The molecule has 1 saturated heterocycles. The summed E-state index contributed by atoms with van der Waals surface area (Å²) in [5.74, 6) is 0.549. The van der Waals surface area contributed by atoms with Crippen molar-refractivity contribution in [2.75, 3.05) is 26.5 Å². The van der Waals surface area contributed by atoms with E-state index in [4.69, 9.17) is 4.74 Å². The van der Waals surface area contributed by atoms with Crippen LogP contribution >= 0.6 is 0 Å². The summed E-state index contributed by atoms with van der Waals surface area (Å²) in [5, 5.41) is 0.462. The van der Waals surface area contributed by atoms with Gasteiger partial charge in [0.2, 0.25) is 0 Å². The number of fused-ring (bicyclic) bond motifs is 1. The number of nitrogens with one attached hydrogen (secondary N) is 1. The Morgan fingerprint density at radius 1 is 1.36 bits per heavy atom. The molecule has 2 heterocycles. The van der Waals surface area contributed by atoms with Crippen molar-refractivity contribution in [3.8, 4) is 5.75 Å². The topological polar surface area (TPSA) is 79.5 Å². The zero-order chi connectivity index (χ0) is 15.9. The lowest BCUT2D eigenvalue weighted by molar-refractivity contribution is 0.0788. The molecule has 118 valence electrons. The summed E-state index contributed by atoms with van der Waals surface area (Å²) >= 11 is 0. The molecule has 1 atom stereocenters. The van der Waals surface area contributed by atoms with E-state index in [9.17, 15) is 13.2 Å². The number of carbonyl (C=O) groups is 1. The normalized spacial score (nSPS) is 18.8. The van der Waals surface area contributed by atoms with E-state index in [-0.39, 0.29) is 12.5 Å². The molecule has 0 spiro atoms. The Hall–Kier alpha value is -2.02. The molecule has 6 nitrogen and oxygen atoms in total. The molecule has 1 aromatic heterocycles. The SMILES string of the molecule is COc1ccc2cc(C(=O)N3CCC(S(C)(=O)=O)C3)[nH]c2c1. The maximum Gasteiger partial charge on any atom is 0.270 e. The summed E-state index contributed by atoms with van der Waals surface area (Å²) < 4.78 is 28.3. The number of aromatic amines is 1. The Morgan fingerprint density at radius 2 is 2.14 bits per heavy atom. The number of carbonyl (C=O) groups excluding carboxylic acids is 1. The number of ether oxygens (including phenoxy) is 1. The van der Waals surface area contributed by atoms with Crippen LogP contribution in [0.4, 0.5) is 0 Å². The van der Waals surface area contributed by atoms with Crippen molar-refractivity contribution in [3.05, 3.63) is 30.0 Å². The smallest absolute Gasteiger partial charge is 0.270 e. The van der Waals surface area contributed by atoms with Gasteiger partial charge in [-0.2, -0.15) is 0 Å².